The van der Waals surface area contributed by atoms with E-state index in [1.165, 1.54) is 5.56 Å². The van der Waals surface area contributed by atoms with Gasteiger partial charge in [-0.15, -0.1) is 0 Å². The fraction of sp³-hybridized carbons (Fsp3) is 0.154. The molecule has 1 N–H and O–H groups in total. The molecule has 0 unspecified atom stereocenters. The molecule has 0 saturated carbocycles. The van der Waals surface area contributed by atoms with Crippen LogP contribution in [0.4, 0.5) is 0 Å². The van der Waals surface area contributed by atoms with Crippen LogP contribution in [-0.2, 0) is 6.54 Å². The normalized spacial score (nSPS) is 12.1. The van der Waals surface area contributed by atoms with Crippen molar-refractivity contribution >= 4 is 17.5 Å². The highest BCUT2D eigenvalue weighted by Gasteiger charge is 2.20. The molecule has 7 heteroatoms. The number of halogens is 1. The van der Waals surface area contributed by atoms with Gasteiger partial charge in [-0.05, 0) is 66.9 Å². The monoisotopic (exact) mass is 459 g/mol. The summed E-state index contributed by atoms with van der Waals surface area (Å²) >= 11 is 6.45. The molecule has 1 aromatic heterocycles. The molecule has 0 saturated heterocycles. The van der Waals surface area contributed by atoms with Crippen LogP contribution in [0.5, 0.6) is 11.5 Å². The lowest BCUT2D eigenvalue weighted by atomic mass is 10.0. The Bertz CT molecular complexity index is 1360. The average Bonchev–Trinajstić information content (AvgIpc) is 3.46. The number of carbonyl (C=O) groups excluding carboxylic acids is 1. The maximum absolute atomic E-state index is 13.3. The number of nitrogens with zero attached hydrogens (tertiary/aromatic N) is 2. The second kappa shape index (κ2) is 8.64. The lowest BCUT2D eigenvalue weighted by Gasteiger charge is -2.10. The van der Waals surface area contributed by atoms with Gasteiger partial charge in [-0.3, -0.25) is 4.79 Å². The average molecular weight is 460 g/mol. The van der Waals surface area contributed by atoms with Crippen molar-refractivity contribution in [2.45, 2.75) is 20.4 Å². The summed E-state index contributed by atoms with van der Waals surface area (Å²) in [4.78, 5) is 13.3. The number of aromatic nitrogens is 2. The number of amides is 1. The molecular formula is C26H22ClN3O3. The molecule has 1 aliphatic rings. The van der Waals surface area contributed by atoms with Crippen LogP contribution in [0.3, 0.4) is 0 Å². The minimum Gasteiger partial charge on any atom is -0.454 e. The van der Waals surface area contributed by atoms with Gasteiger partial charge in [-0.25, -0.2) is 4.68 Å². The van der Waals surface area contributed by atoms with Gasteiger partial charge in [0.05, 0.1) is 16.4 Å². The molecular weight excluding hydrogens is 438 g/mol. The smallest absolute Gasteiger partial charge is 0.270 e. The third-order valence-electron chi connectivity index (χ3n) is 5.72. The molecule has 2 heterocycles. The Balaban J connectivity index is 1.48. The molecule has 166 valence electrons. The summed E-state index contributed by atoms with van der Waals surface area (Å²) < 4.78 is 12.4. The first-order valence-corrected chi connectivity index (χ1v) is 11.0. The van der Waals surface area contributed by atoms with Crippen molar-refractivity contribution in [3.05, 3.63) is 94.1 Å². The zero-order chi connectivity index (χ0) is 22.9. The molecule has 0 radical (unpaired) electrons. The van der Waals surface area contributed by atoms with Crippen LogP contribution in [-0.4, -0.2) is 22.5 Å². The van der Waals surface area contributed by atoms with Gasteiger partial charge < -0.3 is 14.8 Å². The topological polar surface area (TPSA) is 65.4 Å². The summed E-state index contributed by atoms with van der Waals surface area (Å²) in [6.07, 6.45) is 0. The maximum Gasteiger partial charge on any atom is 0.270 e. The number of ether oxygens (including phenoxy) is 2. The van der Waals surface area contributed by atoms with Crippen molar-refractivity contribution in [1.82, 2.24) is 15.1 Å². The largest absolute Gasteiger partial charge is 0.454 e. The predicted octanol–water partition coefficient (Wildman–Crippen LogP) is 5.47. The second-order valence-electron chi connectivity index (χ2n) is 7.95. The molecule has 1 amide bonds. The Labute approximate surface area is 196 Å². The van der Waals surface area contributed by atoms with Crippen molar-refractivity contribution in [2.75, 3.05) is 6.79 Å². The second-order valence-corrected chi connectivity index (χ2v) is 8.35. The van der Waals surface area contributed by atoms with Gasteiger partial charge in [0.25, 0.3) is 5.91 Å². The molecule has 3 aromatic carbocycles. The minimum atomic E-state index is -0.254. The highest BCUT2D eigenvalue weighted by atomic mass is 35.5. The summed E-state index contributed by atoms with van der Waals surface area (Å²) in [6.45, 7) is 4.67. The molecule has 6 nitrogen and oxygen atoms in total. The maximum atomic E-state index is 13.3. The van der Waals surface area contributed by atoms with E-state index in [9.17, 15) is 4.79 Å². The number of carbonyl (C=O) groups is 1. The van der Waals surface area contributed by atoms with Gasteiger partial charge >= 0.3 is 0 Å². The van der Waals surface area contributed by atoms with Gasteiger partial charge in [0.2, 0.25) is 6.79 Å². The quantitative estimate of drug-likeness (QED) is 0.430. The van der Waals surface area contributed by atoms with Crippen LogP contribution in [0, 0.1) is 13.8 Å². The van der Waals surface area contributed by atoms with Crippen molar-refractivity contribution in [1.29, 1.82) is 0 Å². The first-order chi connectivity index (χ1) is 16.0. The SMILES string of the molecule is Cc1ccc(-c2cc(C(=O)NCc3ccc4c(c3)OCO4)n(-c3ccccc3Cl)n2)cc1C. The fourth-order valence-electron chi connectivity index (χ4n) is 3.72. The molecule has 33 heavy (non-hydrogen) atoms. The van der Waals surface area contributed by atoms with Gasteiger partial charge in [0, 0.05) is 12.1 Å². The van der Waals surface area contributed by atoms with E-state index in [1.54, 1.807) is 16.8 Å². The summed E-state index contributed by atoms with van der Waals surface area (Å²) in [6, 6.07) is 20.9. The number of para-hydroxylation sites is 1. The summed E-state index contributed by atoms with van der Waals surface area (Å²) in [5.41, 5.74) is 5.95. The Kier molecular flexibility index (Phi) is 5.52. The van der Waals surface area contributed by atoms with Gasteiger partial charge in [0.15, 0.2) is 11.5 Å². The van der Waals surface area contributed by atoms with E-state index in [0.29, 0.717) is 40.1 Å². The number of aryl methyl sites for hydroxylation is 2. The molecule has 4 aromatic rings. The lowest BCUT2D eigenvalue weighted by molar-refractivity contribution is 0.0943. The summed E-state index contributed by atoms with van der Waals surface area (Å²) in [7, 11) is 0. The van der Waals surface area contributed by atoms with Crippen LogP contribution in [0.15, 0.2) is 66.7 Å². The lowest BCUT2D eigenvalue weighted by Crippen LogP contribution is -2.25. The van der Waals surface area contributed by atoms with E-state index < -0.39 is 0 Å². The predicted molar refractivity (Wildman–Crippen MR) is 127 cm³/mol. The standard InChI is InChI=1S/C26H22ClN3O3/c1-16-7-9-19(11-17(16)2)21-13-23(30(29-21)22-6-4-3-5-20(22)27)26(31)28-14-18-8-10-24-25(12-18)33-15-32-24/h3-13H,14-15H2,1-2H3,(H,28,31). The number of benzene rings is 3. The number of hydrogen-bond donors (Lipinski definition) is 1. The molecule has 5 rings (SSSR count). The van der Waals surface area contributed by atoms with Crippen molar-refractivity contribution in [3.8, 4) is 28.4 Å². The van der Waals surface area contributed by atoms with Crippen LogP contribution in [0.2, 0.25) is 5.02 Å². The Morgan fingerprint density at radius 3 is 2.64 bits per heavy atom. The minimum absolute atomic E-state index is 0.212. The number of fused-ring (bicyclic) bond motifs is 1. The van der Waals surface area contributed by atoms with Crippen molar-refractivity contribution < 1.29 is 14.3 Å². The third kappa shape index (κ3) is 4.17. The van der Waals surface area contributed by atoms with E-state index in [2.05, 4.69) is 31.3 Å². The molecule has 1 aliphatic heterocycles. The molecule has 0 atom stereocenters. The van der Waals surface area contributed by atoms with Crippen molar-refractivity contribution in [3.63, 3.8) is 0 Å². The Morgan fingerprint density at radius 1 is 1.00 bits per heavy atom. The first kappa shape index (κ1) is 21.1. The number of nitrogens with one attached hydrogen (secondary N) is 1. The third-order valence-corrected chi connectivity index (χ3v) is 6.03. The molecule has 0 fully saturated rings. The Hall–Kier alpha value is -3.77. The highest BCUT2D eigenvalue weighted by molar-refractivity contribution is 6.32. The molecule has 0 aliphatic carbocycles. The van der Waals surface area contributed by atoms with E-state index in [1.807, 2.05) is 42.5 Å². The van der Waals surface area contributed by atoms with Crippen molar-refractivity contribution in [2.24, 2.45) is 0 Å². The van der Waals surface area contributed by atoms with Crippen LogP contribution >= 0.6 is 11.6 Å². The van der Waals surface area contributed by atoms with E-state index in [4.69, 9.17) is 26.2 Å². The van der Waals surface area contributed by atoms with E-state index in [-0.39, 0.29) is 12.7 Å². The first-order valence-electron chi connectivity index (χ1n) is 10.6. The molecule has 0 spiro atoms. The summed E-state index contributed by atoms with van der Waals surface area (Å²) in [5, 5.41) is 8.23. The van der Waals surface area contributed by atoms with E-state index >= 15 is 0 Å². The van der Waals surface area contributed by atoms with Gasteiger partial charge in [0.1, 0.15) is 5.69 Å². The molecule has 0 bridgehead atoms. The van der Waals surface area contributed by atoms with Crippen LogP contribution < -0.4 is 14.8 Å². The van der Waals surface area contributed by atoms with Crippen LogP contribution in [0.1, 0.15) is 27.2 Å². The zero-order valence-corrected chi connectivity index (χ0v) is 19.0. The number of rotatable bonds is 5. The van der Waals surface area contributed by atoms with Gasteiger partial charge in [-0.1, -0.05) is 41.9 Å². The fourth-order valence-corrected chi connectivity index (χ4v) is 3.93. The summed E-state index contributed by atoms with van der Waals surface area (Å²) in [5.74, 6) is 1.13. The zero-order valence-electron chi connectivity index (χ0n) is 18.3. The highest BCUT2D eigenvalue weighted by Crippen LogP contribution is 2.32. The van der Waals surface area contributed by atoms with Crippen LogP contribution in [0.25, 0.3) is 16.9 Å². The Morgan fingerprint density at radius 2 is 1.82 bits per heavy atom. The van der Waals surface area contributed by atoms with E-state index in [0.717, 1.165) is 16.7 Å². The number of hydrogen-bond acceptors (Lipinski definition) is 4. The van der Waals surface area contributed by atoms with Gasteiger partial charge in [-0.2, -0.15) is 5.10 Å².